The second-order valence-corrected chi connectivity index (χ2v) is 6.34. The van der Waals surface area contributed by atoms with E-state index >= 15 is 0 Å². The van der Waals surface area contributed by atoms with E-state index in [1.54, 1.807) is 0 Å². The molecule has 1 fully saturated rings. The van der Waals surface area contributed by atoms with Gasteiger partial charge in [0.05, 0.1) is 6.61 Å². The fraction of sp³-hybridized carbons (Fsp3) is 0.667. The van der Waals surface area contributed by atoms with E-state index in [0.717, 1.165) is 5.75 Å². The highest BCUT2D eigenvalue weighted by Gasteiger charge is 2.20. The van der Waals surface area contributed by atoms with E-state index in [0.29, 0.717) is 45.0 Å². The predicted molar refractivity (Wildman–Crippen MR) is 104 cm³/mol. The van der Waals surface area contributed by atoms with Crippen LogP contribution in [-0.4, -0.2) is 43.1 Å². The number of cyclic esters (lactones) is 1. The molecule has 1 saturated heterocycles. The summed E-state index contributed by atoms with van der Waals surface area (Å²) in [7, 11) is 0. The van der Waals surface area contributed by atoms with Crippen molar-refractivity contribution < 1.29 is 24.1 Å². The average Bonchev–Trinajstić information content (AvgIpc) is 2.64. The van der Waals surface area contributed by atoms with Crippen LogP contribution in [0.2, 0.25) is 0 Å². The molecular weight excluding hydrogens is 332 g/mol. The van der Waals surface area contributed by atoms with Gasteiger partial charge in [0.1, 0.15) is 18.0 Å². The lowest BCUT2D eigenvalue weighted by molar-refractivity contribution is -0.151. The van der Waals surface area contributed by atoms with Gasteiger partial charge in [0.25, 0.3) is 0 Å². The second-order valence-electron chi connectivity index (χ2n) is 6.34. The van der Waals surface area contributed by atoms with E-state index in [-0.39, 0.29) is 18.2 Å². The zero-order valence-corrected chi connectivity index (χ0v) is 16.9. The highest BCUT2D eigenvalue weighted by molar-refractivity contribution is 5.69. The molecule has 2 unspecified atom stereocenters. The Morgan fingerprint density at radius 1 is 1.23 bits per heavy atom. The first-order chi connectivity index (χ1) is 12.5. The van der Waals surface area contributed by atoms with E-state index < -0.39 is 0 Å². The summed E-state index contributed by atoms with van der Waals surface area (Å²) in [5.41, 5.74) is 0. The monoisotopic (exact) mass is 368 g/mol. The summed E-state index contributed by atoms with van der Waals surface area (Å²) in [6.07, 6.45) is 1.52. The van der Waals surface area contributed by atoms with Gasteiger partial charge in [0, 0.05) is 26.1 Å². The number of para-hydroxylation sites is 1. The van der Waals surface area contributed by atoms with Gasteiger partial charge in [-0.3, -0.25) is 4.79 Å². The number of carbonyl (C=O) groups excluding carboxylic acids is 1. The Balaban J connectivity index is 0.000000772. The third-order valence-corrected chi connectivity index (χ3v) is 3.31. The van der Waals surface area contributed by atoms with E-state index in [2.05, 4.69) is 0 Å². The normalized spacial score (nSPS) is 20.7. The van der Waals surface area contributed by atoms with Crippen molar-refractivity contribution in [1.29, 1.82) is 0 Å². The smallest absolute Gasteiger partial charge is 0.306 e. The third kappa shape index (κ3) is 12.7. The predicted octanol–water partition coefficient (Wildman–Crippen LogP) is 4.23. The number of rotatable bonds is 3. The van der Waals surface area contributed by atoms with Crippen LogP contribution in [0, 0.1) is 5.92 Å². The lowest BCUT2D eigenvalue weighted by atomic mass is 10.1. The molecule has 0 radical (unpaired) electrons. The molecule has 5 heteroatoms. The van der Waals surface area contributed by atoms with Crippen molar-refractivity contribution in [2.24, 2.45) is 5.92 Å². The standard InChI is InChI=1S/C15H20O4.C4H10O.C2H6/c1-12-10-14(19-13-6-3-2-4-7-13)11-17-9-5-8-15(16)18-12;1-4(2)3-5;1-2/h2-4,6-7,12,14H,5,8-11H2,1H3;4-5H,3H2,1-2H3;1-2H3. The summed E-state index contributed by atoms with van der Waals surface area (Å²) < 4.78 is 16.8. The number of ether oxygens (including phenoxy) is 3. The molecule has 0 spiro atoms. The second kappa shape index (κ2) is 15.6. The molecule has 0 aromatic heterocycles. The molecule has 1 heterocycles. The van der Waals surface area contributed by atoms with Gasteiger partial charge < -0.3 is 19.3 Å². The zero-order chi connectivity index (χ0) is 19.8. The quantitative estimate of drug-likeness (QED) is 0.809. The van der Waals surface area contributed by atoms with Crippen LogP contribution in [0.3, 0.4) is 0 Å². The summed E-state index contributed by atoms with van der Waals surface area (Å²) in [5.74, 6) is 1.10. The average molecular weight is 369 g/mol. The Hall–Kier alpha value is -1.59. The molecule has 1 aliphatic rings. The fourth-order valence-corrected chi connectivity index (χ4v) is 2.08. The SMILES string of the molecule is CC.CC(C)CO.CC1CC(Oc2ccccc2)COCCCC(=O)O1. The topological polar surface area (TPSA) is 65.0 Å². The maximum atomic E-state index is 11.5. The largest absolute Gasteiger partial charge is 0.488 e. The van der Waals surface area contributed by atoms with Crippen LogP contribution in [0.25, 0.3) is 0 Å². The first kappa shape index (κ1) is 24.4. The van der Waals surface area contributed by atoms with Crippen molar-refractivity contribution >= 4 is 5.97 Å². The van der Waals surface area contributed by atoms with E-state index in [9.17, 15) is 4.79 Å². The number of hydrogen-bond donors (Lipinski definition) is 1. The van der Waals surface area contributed by atoms with Crippen molar-refractivity contribution in [1.82, 2.24) is 0 Å². The van der Waals surface area contributed by atoms with Crippen LogP contribution in [-0.2, 0) is 14.3 Å². The van der Waals surface area contributed by atoms with Gasteiger partial charge in [-0.05, 0) is 31.4 Å². The summed E-state index contributed by atoms with van der Waals surface area (Å²) in [6, 6.07) is 9.63. The molecule has 0 bridgehead atoms. The Bertz CT molecular complexity index is 447. The number of aliphatic hydroxyl groups is 1. The minimum Gasteiger partial charge on any atom is -0.488 e. The molecule has 1 aromatic rings. The van der Waals surface area contributed by atoms with Gasteiger partial charge in [-0.1, -0.05) is 45.9 Å². The van der Waals surface area contributed by atoms with Gasteiger partial charge in [-0.2, -0.15) is 0 Å². The fourth-order valence-electron chi connectivity index (χ4n) is 2.08. The Morgan fingerprint density at radius 2 is 1.85 bits per heavy atom. The molecule has 0 saturated carbocycles. The highest BCUT2D eigenvalue weighted by atomic mass is 16.6. The number of aliphatic hydroxyl groups excluding tert-OH is 1. The Kier molecular flexibility index (Phi) is 14.7. The molecule has 2 rings (SSSR count). The van der Waals surface area contributed by atoms with E-state index in [4.69, 9.17) is 19.3 Å². The van der Waals surface area contributed by atoms with Crippen LogP contribution >= 0.6 is 0 Å². The third-order valence-electron chi connectivity index (χ3n) is 3.31. The van der Waals surface area contributed by atoms with E-state index in [1.165, 1.54) is 0 Å². The molecule has 0 aliphatic carbocycles. The van der Waals surface area contributed by atoms with Gasteiger partial charge in [0.15, 0.2) is 0 Å². The molecule has 0 amide bonds. The van der Waals surface area contributed by atoms with Crippen molar-refractivity contribution in [2.45, 2.75) is 66.1 Å². The van der Waals surface area contributed by atoms with Gasteiger partial charge in [0.2, 0.25) is 0 Å². The van der Waals surface area contributed by atoms with Gasteiger partial charge in [-0.25, -0.2) is 0 Å². The molecule has 1 aromatic carbocycles. The zero-order valence-electron chi connectivity index (χ0n) is 16.9. The number of hydrogen-bond acceptors (Lipinski definition) is 5. The summed E-state index contributed by atoms with van der Waals surface area (Å²) in [5, 5.41) is 8.14. The van der Waals surface area contributed by atoms with Crippen LogP contribution in [0.5, 0.6) is 5.75 Å². The number of carbonyl (C=O) groups is 1. The van der Waals surface area contributed by atoms with E-state index in [1.807, 2.05) is 65.0 Å². The Morgan fingerprint density at radius 3 is 2.42 bits per heavy atom. The van der Waals surface area contributed by atoms with Crippen LogP contribution in [0.4, 0.5) is 0 Å². The molecule has 2 atom stereocenters. The lowest BCUT2D eigenvalue weighted by Crippen LogP contribution is -2.30. The van der Waals surface area contributed by atoms with Crippen molar-refractivity contribution in [3.05, 3.63) is 30.3 Å². The van der Waals surface area contributed by atoms with Crippen molar-refractivity contribution in [2.75, 3.05) is 19.8 Å². The van der Waals surface area contributed by atoms with Crippen LogP contribution in [0.1, 0.15) is 53.9 Å². The minimum atomic E-state index is -0.156. The van der Waals surface area contributed by atoms with Crippen molar-refractivity contribution in [3.8, 4) is 5.75 Å². The summed E-state index contributed by atoms with van der Waals surface area (Å²) >= 11 is 0. The first-order valence-electron chi connectivity index (χ1n) is 9.61. The Labute approximate surface area is 158 Å². The van der Waals surface area contributed by atoms with Crippen LogP contribution < -0.4 is 4.74 Å². The van der Waals surface area contributed by atoms with Gasteiger partial charge >= 0.3 is 5.97 Å². The maximum absolute atomic E-state index is 11.5. The molecule has 5 nitrogen and oxygen atoms in total. The summed E-state index contributed by atoms with van der Waals surface area (Å²) in [6.45, 7) is 11.2. The molecule has 1 N–H and O–H groups in total. The number of benzene rings is 1. The molecule has 1 aliphatic heterocycles. The maximum Gasteiger partial charge on any atom is 0.306 e. The van der Waals surface area contributed by atoms with Gasteiger partial charge in [-0.15, -0.1) is 0 Å². The van der Waals surface area contributed by atoms with Crippen molar-refractivity contribution in [3.63, 3.8) is 0 Å². The first-order valence-corrected chi connectivity index (χ1v) is 9.61. The minimum absolute atomic E-state index is 0.0942. The summed E-state index contributed by atoms with van der Waals surface area (Å²) in [4.78, 5) is 11.5. The molecular formula is C21H36O5. The highest BCUT2D eigenvalue weighted by Crippen LogP contribution is 2.16. The lowest BCUT2D eigenvalue weighted by Gasteiger charge is -2.24. The number of esters is 1. The molecule has 26 heavy (non-hydrogen) atoms. The molecule has 150 valence electrons. The van der Waals surface area contributed by atoms with Crippen LogP contribution in [0.15, 0.2) is 30.3 Å².